The van der Waals surface area contributed by atoms with Crippen molar-refractivity contribution in [3.63, 3.8) is 0 Å². The Morgan fingerprint density at radius 1 is 1.45 bits per heavy atom. The summed E-state index contributed by atoms with van der Waals surface area (Å²) in [5.74, 6) is -0.414. The van der Waals surface area contributed by atoms with Crippen molar-refractivity contribution in [2.75, 3.05) is 5.32 Å². The lowest BCUT2D eigenvalue weighted by Crippen LogP contribution is -2.20. The normalized spacial score (nSPS) is 11.4. The van der Waals surface area contributed by atoms with Gasteiger partial charge in [0.2, 0.25) is 0 Å². The van der Waals surface area contributed by atoms with Crippen molar-refractivity contribution >= 4 is 17.4 Å². The van der Waals surface area contributed by atoms with Crippen LogP contribution in [0.4, 0.5) is 5.69 Å². The van der Waals surface area contributed by atoms with E-state index in [1.165, 1.54) is 4.68 Å². The van der Waals surface area contributed by atoms with E-state index < -0.39 is 0 Å². The van der Waals surface area contributed by atoms with Crippen molar-refractivity contribution in [3.8, 4) is 0 Å². The van der Waals surface area contributed by atoms with Gasteiger partial charge in [0.25, 0.3) is 5.91 Å². The maximum atomic E-state index is 12.1. The van der Waals surface area contributed by atoms with Gasteiger partial charge in [-0.1, -0.05) is 17.3 Å². The molecule has 0 spiro atoms. The molecule has 0 atom stereocenters. The number of nitrogens with one attached hydrogen (secondary N) is 1. The highest BCUT2D eigenvalue weighted by Crippen LogP contribution is 2.20. The third-order valence-corrected chi connectivity index (χ3v) is 2.83. The van der Waals surface area contributed by atoms with Crippen LogP contribution in [0.1, 0.15) is 21.6 Å². The number of amidine groups is 1. The van der Waals surface area contributed by atoms with Crippen molar-refractivity contribution in [2.45, 2.75) is 6.92 Å². The molecular weight excluding hydrogens is 258 g/mol. The second kappa shape index (κ2) is 5.43. The molecule has 0 fully saturated rings. The number of hydrogen-bond donors (Lipinski definition) is 3. The summed E-state index contributed by atoms with van der Waals surface area (Å²) >= 11 is 0. The standard InChI is InChI=1S/C13H15N5O2/c1-8-4-3-5-9(11(8)12(14)17-20)15-13(19)10-6-7-18(2)16-10/h3-7,20H,1-2H3,(H2,14,17)(H,15,19). The van der Waals surface area contributed by atoms with Gasteiger partial charge in [-0.2, -0.15) is 5.10 Å². The molecule has 7 nitrogen and oxygen atoms in total. The Morgan fingerprint density at radius 2 is 2.20 bits per heavy atom. The van der Waals surface area contributed by atoms with Gasteiger partial charge in [0, 0.05) is 18.8 Å². The average Bonchev–Trinajstić information content (AvgIpc) is 2.85. The molecule has 0 aliphatic heterocycles. The predicted molar refractivity (Wildman–Crippen MR) is 74.9 cm³/mol. The van der Waals surface area contributed by atoms with Crippen LogP contribution in [0.25, 0.3) is 0 Å². The number of oxime groups is 1. The molecule has 0 bridgehead atoms. The summed E-state index contributed by atoms with van der Waals surface area (Å²) in [5, 5.41) is 18.5. The number of carbonyl (C=O) groups excluding carboxylic acids is 1. The zero-order valence-corrected chi connectivity index (χ0v) is 11.2. The second-order valence-electron chi connectivity index (χ2n) is 4.31. The average molecular weight is 273 g/mol. The molecule has 1 heterocycles. The number of hydrogen-bond acceptors (Lipinski definition) is 4. The number of rotatable bonds is 3. The van der Waals surface area contributed by atoms with Crippen LogP contribution < -0.4 is 11.1 Å². The van der Waals surface area contributed by atoms with Gasteiger partial charge in [-0.05, 0) is 24.6 Å². The van der Waals surface area contributed by atoms with E-state index in [2.05, 4.69) is 15.6 Å². The van der Waals surface area contributed by atoms with E-state index in [-0.39, 0.29) is 11.7 Å². The first-order chi connectivity index (χ1) is 9.52. The Kier molecular flexibility index (Phi) is 3.69. The molecule has 2 aromatic rings. The summed E-state index contributed by atoms with van der Waals surface area (Å²) in [6, 6.07) is 6.87. The van der Waals surface area contributed by atoms with Gasteiger partial charge < -0.3 is 16.3 Å². The highest BCUT2D eigenvalue weighted by atomic mass is 16.4. The predicted octanol–water partition coefficient (Wildman–Crippen LogP) is 1.08. The zero-order chi connectivity index (χ0) is 14.7. The van der Waals surface area contributed by atoms with Crippen molar-refractivity contribution < 1.29 is 10.0 Å². The smallest absolute Gasteiger partial charge is 0.276 e. The molecule has 7 heteroatoms. The summed E-state index contributed by atoms with van der Waals surface area (Å²) in [5.41, 5.74) is 7.68. The SMILES string of the molecule is Cc1cccc(NC(=O)c2ccn(C)n2)c1/C(N)=N/O. The zero-order valence-electron chi connectivity index (χ0n) is 11.2. The summed E-state index contributed by atoms with van der Waals surface area (Å²) in [6.07, 6.45) is 1.68. The topological polar surface area (TPSA) is 106 Å². The monoisotopic (exact) mass is 273 g/mol. The minimum Gasteiger partial charge on any atom is -0.409 e. The van der Waals surface area contributed by atoms with Crippen LogP contribution in [-0.2, 0) is 7.05 Å². The largest absolute Gasteiger partial charge is 0.409 e. The van der Waals surface area contributed by atoms with Crippen molar-refractivity contribution in [1.82, 2.24) is 9.78 Å². The van der Waals surface area contributed by atoms with Gasteiger partial charge in [0.05, 0.1) is 5.69 Å². The van der Waals surface area contributed by atoms with Crippen LogP contribution >= 0.6 is 0 Å². The molecular formula is C13H15N5O2. The fraction of sp³-hybridized carbons (Fsp3) is 0.154. The molecule has 1 amide bonds. The maximum absolute atomic E-state index is 12.1. The molecule has 104 valence electrons. The fourth-order valence-corrected chi connectivity index (χ4v) is 1.88. The van der Waals surface area contributed by atoms with E-state index in [9.17, 15) is 4.79 Å². The number of aryl methyl sites for hydroxylation is 2. The van der Waals surface area contributed by atoms with E-state index >= 15 is 0 Å². The first-order valence-corrected chi connectivity index (χ1v) is 5.91. The number of amides is 1. The second-order valence-corrected chi connectivity index (χ2v) is 4.31. The van der Waals surface area contributed by atoms with Gasteiger partial charge in [-0.25, -0.2) is 0 Å². The molecule has 0 saturated carbocycles. The number of carbonyl (C=O) groups is 1. The van der Waals surface area contributed by atoms with Crippen molar-refractivity contribution in [3.05, 3.63) is 47.3 Å². The lowest BCUT2D eigenvalue weighted by molar-refractivity contribution is 0.102. The Balaban J connectivity index is 2.34. The fourth-order valence-electron chi connectivity index (χ4n) is 1.88. The van der Waals surface area contributed by atoms with Gasteiger partial charge in [0.15, 0.2) is 11.5 Å². The first-order valence-electron chi connectivity index (χ1n) is 5.91. The Morgan fingerprint density at radius 3 is 2.80 bits per heavy atom. The molecule has 1 aromatic heterocycles. The van der Waals surface area contributed by atoms with Gasteiger partial charge in [0.1, 0.15) is 0 Å². The lowest BCUT2D eigenvalue weighted by Gasteiger charge is -2.11. The van der Waals surface area contributed by atoms with Crippen molar-refractivity contribution in [2.24, 2.45) is 17.9 Å². The maximum Gasteiger partial charge on any atom is 0.276 e. The van der Waals surface area contributed by atoms with Gasteiger partial charge in [-0.15, -0.1) is 0 Å². The van der Waals surface area contributed by atoms with Crippen LogP contribution in [0.3, 0.4) is 0 Å². The van der Waals surface area contributed by atoms with Crippen LogP contribution in [0.15, 0.2) is 35.6 Å². The summed E-state index contributed by atoms with van der Waals surface area (Å²) in [4.78, 5) is 12.1. The lowest BCUT2D eigenvalue weighted by atomic mass is 10.1. The van der Waals surface area contributed by atoms with Crippen LogP contribution in [-0.4, -0.2) is 26.7 Å². The molecule has 0 radical (unpaired) electrons. The van der Waals surface area contributed by atoms with Gasteiger partial charge in [-0.3, -0.25) is 9.48 Å². The number of aromatic nitrogens is 2. The number of nitrogens with zero attached hydrogens (tertiary/aromatic N) is 3. The van der Waals surface area contributed by atoms with E-state index in [1.807, 2.05) is 13.0 Å². The van der Waals surface area contributed by atoms with E-state index in [0.29, 0.717) is 16.9 Å². The number of benzene rings is 1. The highest BCUT2D eigenvalue weighted by Gasteiger charge is 2.15. The van der Waals surface area contributed by atoms with E-state index in [4.69, 9.17) is 10.9 Å². The molecule has 4 N–H and O–H groups in total. The number of nitrogens with two attached hydrogens (primary N) is 1. The van der Waals surface area contributed by atoms with Crippen LogP contribution in [0.5, 0.6) is 0 Å². The molecule has 0 aliphatic carbocycles. The molecule has 2 rings (SSSR count). The molecule has 20 heavy (non-hydrogen) atoms. The third kappa shape index (κ3) is 2.61. The minimum absolute atomic E-state index is 0.0561. The van der Waals surface area contributed by atoms with Crippen LogP contribution in [0, 0.1) is 6.92 Å². The Hall–Kier alpha value is -2.83. The van der Waals surface area contributed by atoms with Crippen molar-refractivity contribution in [1.29, 1.82) is 0 Å². The van der Waals surface area contributed by atoms with E-state index in [1.54, 1.807) is 31.4 Å². The van der Waals surface area contributed by atoms with Crippen LogP contribution in [0.2, 0.25) is 0 Å². The minimum atomic E-state index is -0.358. The molecule has 0 aliphatic rings. The molecule has 0 unspecified atom stereocenters. The summed E-state index contributed by atoms with van der Waals surface area (Å²) < 4.78 is 1.54. The Bertz CT molecular complexity index is 675. The number of anilines is 1. The Labute approximate surface area is 115 Å². The highest BCUT2D eigenvalue weighted by molar-refractivity contribution is 6.09. The molecule has 1 aromatic carbocycles. The summed E-state index contributed by atoms with van der Waals surface area (Å²) in [7, 11) is 1.73. The molecule has 0 saturated heterocycles. The third-order valence-electron chi connectivity index (χ3n) is 2.83. The summed E-state index contributed by atoms with van der Waals surface area (Å²) in [6.45, 7) is 1.81. The quantitative estimate of drug-likeness (QED) is 0.336. The van der Waals surface area contributed by atoms with E-state index in [0.717, 1.165) is 5.56 Å². The first kappa shape index (κ1) is 13.6. The van der Waals surface area contributed by atoms with Gasteiger partial charge >= 0.3 is 0 Å².